The highest BCUT2D eigenvalue weighted by atomic mass is 16.2. The Morgan fingerprint density at radius 1 is 1.21 bits per heavy atom. The van der Waals surface area contributed by atoms with Gasteiger partial charge in [-0.3, -0.25) is 24.7 Å². The van der Waals surface area contributed by atoms with E-state index in [-0.39, 0.29) is 18.2 Å². The highest BCUT2D eigenvalue weighted by molar-refractivity contribution is 6.06. The lowest BCUT2D eigenvalue weighted by molar-refractivity contribution is -0.136. The van der Waals surface area contributed by atoms with Crippen molar-refractivity contribution < 1.29 is 14.4 Å². The van der Waals surface area contributed by atoms with Crippen LogP contribution < -0.4 is 16.0 Å². The molecule has 3 aliphatic rings. The van der Waals surface area contributed by atoms with E-state index in [9.17, 15) is 14.4 Å². The Morgan fingerprint density at radius 3 is 2.88 bits per heavy atom. The van der Waals surface area contributed by atoms with Crippen LogP contribution in [0.1, 0.15) is 52.0 Å². The summed E-state index contributed by atoms with van der Waals surface area (Å²) in [4.78, 5) is 43.3. The first-order valence-electron chi connectivity index (χ1n) is 11.4. The zero-order valence-corrected chi connectivity index (χ0v) is 18.6. The maximum absolute atomic E-state index is 13.3. The van der Waals surface area contributed by atoms with E-state index in [0.29, 0.717) is 25.1 Å². The zero-order valence-electron chi connectivity index (χ0n) is 18.6. The molecule has 3 aliphatic heterocycles. The average molecular weight is 446 g/mol. The molecule has 3 N–H and O–H groups in total. The summed E-state index contributed by atoms with van der Waals surface area (Å²) in [7, 11) is 0. The normalized spacial score (nSPS) is 20.4. The van der Waals surface area contributed by atoms with Gasteiger partial charge in [-0.1, -0.05) is 24.3 Å². The van der Waals surface area contributed by atoms with Gasteiger partial charge in [0.25, 0.3) is 5.91 Å². The summed E-state index contributed by atoms with van der Waals surface area (Å²) in [6.07, 6.45) is 5.70. The number of aryl methyl sites for hydroxylation is 1. The van der Waals surface area contributed by atoms with Crippen LogP contribution in [0.2, 0.25) is 0 Å². The number of amides is 3. The van der Waals surface area contributed by atoms with Crippen LogP contribution >= 0.6 is 0 Å². The summed E-state index contributed by atoms with van der Waals surface area (Å²) >= 11 is 0. The number of piperidine rings is 1. The fourth-order valence-corrected chi connectivity index (χ4v) is 4.80. The van der Waals surface area contributed by atoms with Crippen LogP contribution in [0.3, 0.4) is 0 Å². The Morgan fingerprint density at radius 2 is 2.09 bits per heavy atom. The number of hydrogen-bond acceptors (Lipinski definition) is 6. The second-order valence-electron chi connectivity index (χ2n) is 8.75. The molecule has 8 nitrogen and oxygen atoms in total. The van der Waals surface area contributed by atoms with Gasteiger partial charge < -0.3 is 15.5 Å². The standard InChI is InChI=1S/C25H27N5O3/c1-15-20(11-19(13-27-15)16-7-9-26-10-8-16)28-12-17-3-2-4-18-14-30(25(33)23(17)18)21-5-6-22(31)29-24(21)32/h2-4,7,11,13,21,26,28H,5-6,8-10,12,14H2,1H3,(H,29,31,32). The first kappa shape index (κ1) is 21.3. The van der Waals surface area contributed by atoms with Gasteiger partial charge >= 0.3 is 0 Å². The third kappa shape index (κ3) is 4.14. The Kier molecular flexibility index (Phi) is 5.68. The van der Waals surface area contributed by atoms with Gasteiger partial charge in [0.05, 0.1) is 11.4 Å². The number of nitrogens with zero attached hydrogens (tertiary/aromatic N) is 2. The quantitative estimate of drug-likeness (QED) is 0.610. The molecule has 170 valence electrons. The molecular formula is C25H27N5O3. The van der Waals surface area contributed by atoms with Gasteiger partial charge in [-0.2, -0.15) is 0 Å². The Balaban J connectivity index is 1.35. The molecule has 5 rings (SSSR count). The van der Waals surface area contributed by atoms with Crippen molar-refractivity contribution in [3.8, 4) is 0 Å². The second kappa shape index (κ2) is 8.78. The van der Waals surface area contributed by atoms with Gasteiger partial charge in [-0.15, -0.1) is 0 Å². The first-order valence-corrected chi connectivity index (χ1v) is 11.4. The molecule has 0 saturated carbocycles. The van der Waals surface area contributed by atoms with Crippen molar-refractivity contribution in [2.24, 2.45) is 0 Å². The Labute approximate surface area is 192 Å². The fourth-order valence-electron chi connectivity index (χ4n) is 4.80. The first-order chi connectivity index (χ1) is 16.0. The smallest absolute Gasteiger partial charge is 0.255 e. The van der Waals surface area contributed by atoms with E-state index in [2.05, 4.69) is 33.1 Å². The number of carbonyl (C=O) groups is 3. The molecule has 2 aromatic rings. The summed E-state index contributed by atoms with van der Waals surface area (Å²) in [5.74, 6) is -0.824. The molecule has 33 heavy (non-hydrogen) atoms. The second-order valence-corrected chi connectivity index (χ2v) is 8.75. The van der Waals surface area contributed by atoms with Crippen LogP contribution in [0.25, 0.3) is 5.57 Å². The van der Waals surface area contributed by atoms with E-state index < -0.39 is 11.9 Å². The maximum atomic E-state index is 13.3. The van der Waals surface area contributed by atoms with Crippen molar-refractivity contribution in [2.75, 3.05) is 18.4 Å². The van der Waals surface area contributed by atoms with E-state index in [1.165, 1.54) is 5.57 Å². The van der Waals surface area contributed by atoms with Crippen molar-refractivity contribution in [3.63, 3.8) is 0 Å². The van der Waals surface area contributed by atoms with Crippen LogP contribution in [0.4, 0.5) is 5.69 Å². The van der Waals surface area contributed by atoms with Crippen LogP contribution in [0.5, 0.6) is 0 Å². The van der Waals surface area contributed by atoms with E-state index in [0.717, 1.165) is 47.6 Å². The van der Waals surface area contributed by atoms with Gasteiger partial charge in [-0.05, 0) is 54.6 Å². The molecule has 4 heterocycles. The minimum atomic E-state index is -0.607. The van der Waals surface area contributed by atoms with Gasteiger partial charge in [-0.25, -0.2) is 0 Å². The number of hydrogen-bond donors (Lipinski definition) is 3. The molecule has 1 atom stereocenters. The van der Waals surface area contributed by atoms with Crippen LogP contribution in [0, 0.1) is 6.92 Å². The lowest BCUT2D eigenvalue weighted by Gasteiger charge is -2.29. The lowest BCUT2D eigenvalue weighted by Crippen LogP contribution is -2.52. The molecular weight excluding hydrogens is 418 g/mol. The molecule has 1 aromatic heterocycles. The van der Waals surface area contributed by atoms with Gasteiger partial charge in [0.15, 0.2) is 0 Å². The topological polar surface area (TPSA) is 103 Å². The number of nitrogens with one attached hydrogen (secondary N) is 3. The molecule has 1 fully saturated rings. The van der Waals surface area contributed by atoms with E-state index >= 15 is 0 Å². The summed E-state index contributed by atoms with van der Waals surface area (Å²) in [5.41, 5.74) is 6.69. The van der Waals surface area contributed by atoms with Crippen molar-refractivity contribution >= 4 is 29.0 Å². The van der Waals surface area contributed by atoms with Crippen molar-refractivity contribution in [1.29, 1.82) is 0 Å². The SMILES string of the molecule is Cc1ncc(C2=CCNCC2)cc1NCc1cccc2c1C(=O)N(C1CCC(=O)NC1=O)C2. The number of anilines is 1. The number of rotatable bonds is 5. The lowest BCUT2D eigenvalue weighted by atomic mass is 10.0. The number of carbonyl (C=O) groups excluding carboxylic acids is 3. The summed E-state index contributed by atoms with van der Waals surface area (Å²) < 4.78 is 0. The number of imide groups is 1. The molecule has 1 unspecified atom stereocenters. The van der Waals surface area contributed by atoms with E-state index in [4.69, 9.17) is 0 Å². The molecule has 0 spiro atoms. The number of benzene rings is 1. The minimum absolute atomic E-state index is 0.152. The molecule has 0 radical (unpaired) electrons. The van der Waals surface area contributed by atoms with Crippen molar-refractivity contribution in [1.82, 2.24) is 20.5 Å². The van der Waals surface area contributed by atoms with Crippen LogP contribution in [-0.2, 0) is 22.7 Å². The third-order valence-electron chi connectivity index (χ3n) is 6.63. The van der Waals surface area contributed by atoms with Crippen molar-refractivity contribution in [3.05, 3.63) is 64.5 Å². The monoisotopic (exact) mass is 445 g/mol. The molecule has 0 bridgehead atoms. The zero-order chi connectivity index (χ0) is 22.9. The number of aromatic nitrogens is 1. The van der Waals surface area contributed by atoms with Gasteiger partial charge in [0, 0.05) is 37.8 Å². The Hall–Kier alpha value is -3.52. The van der Waals surface area contributed by atoms with E-state index in [1.54, 1.807) is 4.90 Å². The third-order valence-corrected chi connectivity index (χ3v) is 6.63. The molecule has 0 aliphatic carbocycles. The predicted molar refractivity (Wildman–Crippen MR) is 124 cm³/mol. The van der Waals surface area contributed by atoms with Gasteiger partial charge in [0.1, 0.15) is 6.04 Å². The molecule has 3 amide bonds. The summed E-state index contributed by atoms with van der Waals surface area (Å²) in [6.45, 7) is 4.66. The number of fused-ring (bicyclic) bond motifs is 1. The average Bonchev–Trinajstić information content (AvgIpc) is 3.16. The highest BCUT2D eigenvalue weighted by Crippen LogP contribution is 2.31. The van der Waals surface area contributed by atoms with Gasteiger partial charge in [0.2, 0.25) is 11.8 Å². The minimum Gasteiger partial charge on any atom is -0.379 e. The summed E-state index contributed by atoms with van der Waals surface area (Å²) in [5, 5.41) is 9.15. The largest absolute Gasteiger partial charge is 0.379 e. The molecule has 1 saturated heterocycles. The molecule has 1 aromatic carbocycles. The van der Waals surface area contributed by atoms with Crippen molar-refractivity contribution in [2.45, 2.75) is 45.3 Å². The predicted octanol–water partition coefficient (Wildman–Crippen LogP) is 2.14. The molecule has 8 heteroatoms. The summed E-state index contributed by atoms with van der Waals surface area (Å²) in [6, 6.07) is 7.34. The highest BCUT2D eigenvalue weighted by Gasteiger charge is 2.39. The van der Waals surface area contributed by atoms with E-state index in [1.807, 2.05) is 31.3 Å². The van der Waals surface area contributed by atoms with Crippen LogP contribution in [-0.4, -0.2) is 46.7 Å². The fraction of sp³-hybridized carbons (Fsp3) is 0.360. The maximum Gasteiger partial charge on any atom is 0.255 e. The number of pyridine rings is 1. The Bertz CT molecular complexity index is 1170. The van der Waals surface area contributed by atoms with Crippen LogP contribution in [0.15, 0.2) is 36.5 Å².